The molecule has 1 aromatic carbocycles. The van der Waals surface area contributed by atoms with Crippen LogP contribution in [-0.4, -0.2) is 62.9 Å². The van der Waals surface area contributed by atoms with Gasteiger partial charge in [-0.15, -0.1) is 0 Å². The molecule has 8 heteroatoms. The summed E-state index contributed by atoms with van der Waals surface area (Å²) in [4.78, 5) is 1.84. The third-order valence-corrected chi connectivity index (χ3v) is 6.51. The topological polar surface area (TPSA) is 52.7 Å². The molecule has 2 heterocycles. The van der Waals surface area contributed by atoms with Gasteiger partial charge < -0.3 is 5.32 Å². The summed E-state index contributed by atoms with van der Waals surface area (Å²) in [5, 5.41) is 3.27. The summed E-state index contributed by atoms with van der Waals surface area (Å²) in [5.41, 5.74) is 0.128. The summed E-state index contributed by atoms with van der Waals surface area (Å²) in [5.74, 6) is -1.76. The van der Waals surface area contributed by atoms with Gasteiger partial charge in [0.05, 0.1) is 0 Å². The molecular formula is C15H21F2N3O2S. The third-order valence-electron chi connectivity index (χ3n) is 4.63. The predicted octanol–water partition coefficient (Wildman–Crippen LogP) is 0.941. The van der Waals surface area contributed by atoms with E-state index in [-0.39, 0.29) is 11.6 Å². The number of nitrogens with one attached hydrogen (secondary N) is 1. The van der Waals surface area contributed by atoms with Crippen LogP contribution in [0.3, 0.4) is 0 Å². The van der Waals surface area contributed by atoms with Gasteiger partial charge in [-0.1, -0.05) is 0 Å². The number of sulfonamides is 1. The van der Waals surface area contributed by atoms with Crippen LogP contribution < -0.4 is 5.32 Å². The molecule has 128 valence electrons. The molecule has 1 aromatic rings. The van der Waals surface area contributed by atoms with Gasteiger partial charge in [-0.3, -0.25) is 4.90 Å². The third kappa shape index (κ3) is 3.26. The highest BCUT2D eigenvalue weighted by Crippen LogP contribution is 2.27. The van der Waals surface area contributed by atoms with E-state index in [2.05, 4.69) is 10.2 Å². The first-order chi connectivity index (χ1) is 10.9. The molecule has 1 unspecified atom stereocenters. The second-order valence-electron chi connectivity index (χ2n) is 6.12. The Labute approximate surface area is 135 Å². The summed E-state index contributed by atoms with van der Waals surface area (Å²) in [6.45, 7) is 5.74. The van der Waals surface area contributed by atoms with E-state index in [0.717, 1.165) is 38.7 Å². The number of nitrogens with zero attached hydrogens (tertiary/aromatic N) is 2. The molecule has 0 radical (unpaired) electrons. The van der Waals surface area contributed by atoms with Crippen molar-refractivity contribution in [3.63, 3.8) is 0 Å². The average Bonchev–Trinajstić information content (AvgIpc) is 3.02. The maximum atomic E-state index is 14.0. The number of rotatable bonds is 3. The van der Waals surface area contributed by atoms with Crippen LogP contribution in [0.2, 0.25) is 0 Å². The van der Waals surface area contributed by atoms with Crippen molar-refractivity contribution in [2.24, 2.45) is 0 Å². The van der Waals surface area contributed by atoms with Crippen molar-refractivity contribution in [2.45, 2.75) is 24.3 Å². The van der Waals surface area contributed by atoms with E-state index >= 15 is 0 Å². The summed E-state index contributed by atoms with van der Waals surface area (Å²) in [7, 11) is -3.93. The van der Waals surface area contributed by atoms with Crippen LogP contribution >= 0.6 is 0 Å². The van der Waals surface area contributed by atoms with E-state index in [4.69, 9.17) is 0 Å². The summed E-state index contributed by atoms with van der Waals surface area (Å²) >= 11 is 0. The van der Waals surface area contributed by atoms with E-state index < -0.39 is 26.6 Å². The van der Waals surface area contributed by atoms with Gasteiger partial charge in [0.1, 0.15) is 16.5 Å². The lowest BCUT2D eigenvalue weighted by Crippen LogP contribution is -2.49. The van der Waals surface area contributed by atoms with Gasteiger partial charge in [-0.25, -0.2) is 17.2 Å². The fourth-order valence-corrected chi connectivity index (χ4v) is 4.87. The van der Waals surface area contributed by atoms with Crippen molar-refractivity contribution in [1.29, 1.82) is 0 Å². The van der Waals surface area contributed by atoms with Gasteiger partial charge >= 0.3 is 0 Å². The van der Waals surface area contributed by atoms with Gasteiger partial charge in [0.15, 0.2) is 0 Å². The molecule has 2 aliphatic heterocycles. The number of hydrogen-bond acceptors (Lipinski definition) is 4. The summed E-state index contributed by atoms with van der Waals surface area (Å²) in [6, 6.07) is 1.89. The minimum Gasteiger partial charge on any atom is -0.314 e. The van der Waals surface area contributed by atoms with Crippen LogP contribution in [0.15, 0.2) is 17.0 Å². The van der Waals surface area contributed by atoms with Crippen molar-refractivity contribution < 1.29 is 17.2 Å². The molecule has 2 aliphatic rings. The lowest BCUT2D eigenvalue weighted by Gasteiger charge is -2.32. The quantitative estimate of drug-likeness (QED) is 0.886. The molecule has 0 saturated carbocycles. The average molecular weight is 345 g/mol. The van der Waals surface area contributed by atoms with Crippen molar-refractivity contribution in [3.05, 3.63) is 29.3 Å². The largest absolute Gasteiger partial charge is 0.314 e. The molecule has 0 aliphatic carbocycles. The first-order valence-electron chi connectivity index (χ1n) is 7.80. The summed E-state index contributed by atoms with van der Waals surface area (Å²) < 4.78 is 54.0. The predicted molar refractivity (Wildman–Crippen MR) is 82.7 cm³/mol. The van der Waals surface area contributed by atoms with E-state index in [1.165, 1.54) is 11.2 Å². The lowest BCUT2D eigenvalue weighted by molar-refractivity contribution is 0.179. The SMILES string of the molecule is Cc1cc(S(=O)(=O)N2CCC(N3CCNCC3)C2)c(F)cc1F. The highest BCUT2D eigenvalue weighted by atomic mass is 32.2. The monoisotopic (exact) mass is 345 g/mol. The van der Waals surface area contributed by atoms with Gasteiger partial charge in [0.25, 0.3) is 0 Å². The first kappa shape index (κ1) is 16.8. The van der Waals surface area contributed by atoms with Crippen LogP contribution in [0.5, 0.6) is 0 Å². The molecule has 2 saturated heterocycles. The molecule has 5 nitrogen and oxygen atoms in total. The molecule has 2 fully saturated rings. The van der Waals surface area contributed by atoms with E-state index in [0.29, 0.717) is 19.2 Å². The van der Waals surface area contributed by atoms with Crippen LogP contribution in [0.4, 0.5) is 8.78 Å². The molecule has 1 N–H and O–H groups in total. The Balaban J connectivity index is 1.80. The smallest absolute Gasteiger partial charge is 0.246 e. The Bertz CT molecular complexity index is 690. The fraction of sp³-hybridized carbons (Fsp3) is 0.600. The summed E-state index contributed by atoms with van der Waals surface area (Å²) in [6.07, 6.45) is 0.737. The molecule has 0 bridgehead atoms. The maximum absolute atomic E-state index is 14.0. The van der Waals surface area contributed by atoms with Gasteiger partial charge in [-0.2, -0.15) is 4.31 Å². The Morgan fingerprint density at radius 2 is 1.83 bits per heavy atom. The van der Waals surface area contributed by atoms with Crippen molar-refractivity contribution in [1.82, 2.24) is 14.5 Å². The van der Waals surface area contributed by atoms with Gasteiger partial charge in [-0.05, 0) is 25.0 Å². The number of benzene rings is 1. The Morgan fingerprint density at radius 3 is 2.52 bits per heavy atom. The van der Waals surface area contributed by atoms with Gasteiger partial charge in [0, 0.05) is 51.4 Å². The van der Waals surface area contributed by atoms with Crippen molar-refractivity contribution in [2.75, 3.05) is 39.3 Å². The lowest BCUT2D eigenvalue weighted by atomic mass is 10.2. The first-order valence-corrected chi connectivity index (χ1v) is 9.24. The maximum Gasteiger partial charge on any atom is 0.246 e. The molecular weight excluding hydrogens is 324 g/mol. The minimum absolute atomic E-state index is 0.128. The van der Waals surface area contributed by atoms with E-state index in [1.54, 1.807) is 0 Å². The standard InChI is InChI=1S/C15H21F2N3O2S/c1-11-8-15(14(17)9-13(11)16)23(21,22)20-5-2-12(10-20)19-6-3-18-4-7-19/h8-9,12,18H,2-7,10H2,1H3. The minimum atomic E-state index is -3.93. The number of piperazine rings is 1. The molecule has 0 amide bonds. The van der Waals surface area contributed by atoms with Gasteiger partial charge in [0.2, 0.25) is 10.0 Å². The number of aryl methyl sites for hydroxylation is 1. The number of hydrogen-bond donors (Lipinski definition) is 1. The normalized spacial score (nSPS) is 24.2. The zero-order chi connectivity index (χ0) is 16.6. The van der Waals surface area contributed by atoms with Crippen LogP contribution in [-0.2, 0) is 10.0 Å². The molecule has 0 aromatic heterocycles. The molecule has 23 heavy (non-hydrogen) atoms. The van der Waals surface area contributed by atoms with E-state index in [1.807, 2.05) is 0 Å². The molecule has 1 atom stereocenters. The van der Waals surface area contributed by atoms with Crippen molar-refractivity contribution in [3.8, 4) is 0 Å². The van der Waals surface area contributed by atoms with Crippen LogP contribution in [0, 0.1) is 18.6 Å². The Morgan fingerprint density at radius 1 is 1.13 bits per heavy atom. The molecule has 3 rings (SSSR count). The Kier molecular flexibility index (Phi) is 4.68. The zero-order valence-electron chi connectivity index (χ0n) is 13.1. The van der Waals surface area contributed by atoms with Crippen molar-refractivity contribution >= 4 is 10.0 Å². The fourth-order valence-electron chi connectivity index (χ4n) is 3.24. The second-order valence-corrected chi connectivity index (χ2v) is 8.03. The Hall–Kier alpha value is -1.09. The highest BCUT2D eigenvalue weighted by Gasteiger charge is 2.37. The second kappa shape index (κ2) is 6.43. The highest BCUT2D eigenvalue weighted by molar-refractivity contribution is 7.89. The van der Waals surface area contributed by atoms with E-state index in [9.17, 15) is 17.2 Å². The molecule has 0 spiro atoms. The zero-order valence-corrected chi connectivity index (χ0v) is 13.9. The number of halogens is 2. The van der Waals surface area contributed by atoms with Crippen LogP contribution in [0.1, 0.15) is 12.0 Å². The van der Waals surface area contributed by atoms with Crippen LogP contribution in [0.25, 0.3) is 0 Å².